The summed E-state index contributed by atoms with van der Waals surface area (Å²) in [4.78, 5) is 51.0. The van der Waals surface area contributed by atoms with Gasteiger partial charge < -0.3 is 10.6 Å². The van der Waals surface area contributed by atoms with Gasteiger partial charge in [0.05, 0.1) is 39.9 Å². The Labute approximate surface area is 250 Å². The van der Waals surface area contributed by atoms with Crippen molar-refractivity contribution in [1.82, 2.24) is 19.8 Å². The Morgan fingerprint density at radius 2 is 1.83 bits per heavy atom. The third-order valence-electron chi connectivity index (χ3n) is 8.16. The number of amides is 3. The first-order valence-electron chi connectivity index (χ1n) is 12.7. The number of imide groups is 1. The van der Waals surface area contributed by atoms with E-state index in [4.69, 9.17) is 5.73 Å². The number of hydrogen-bond acceptors (Lipinski definition) is 7. The van der Waals surface area contributed by atoms with Crippen LogP contribution >= 0.6 is 36.2 Å². The molecule has 3 unspecified atom stereocenters. The topological polar surface area (TPSA) is 109 Å². The number of carbonyl (C=O) groups is 3. The molecule has 5 heterocycles. The van der Waals surface area contributed by atoms with Gasteiger partial charge in [0.25, 0.3) is 5.91 Å². The summed E-state index contributed by atoms with van der Waals surface area (Å²) in [7, 11) is 0. The third-order valence-corrected chi connectivity index (χ3v) is 9.30. The van der Waals surface area contributed by atoms with Crippen molar-refractivity contribution in [2.24, 2.45) is 23.0 Å². The molecule has 14 heteroatoms. The van der Waals surface area contributed by atoms with Crippen LogP contribution in [-0.4, -0.2) is 56.6 Å². The Kier molecular flexibility index (Phi) is 7.96. The third kappa shape index (κ3) is 4.98. The molecule has 3 atom stereocenters. The molecular weight excluding hydrogens is 602 g/mol. The number of carbonyl (C=O) groups excluding carboxylic acids is 3. The number of hydrogen-bond donors (Lipinski definition) is 1. The lowest BCUT2D eigenvalue weighted by Crippen LogP contribution is -2.35. The van der Waals surface area contributed by atoms with Gasteiger partial charge in [-0.3, -0.25) is 24.3 Å². The maximum Gasteiger partial charge on any atom is 0.433 e. The molecular formula is C27H28Cl2F3N5O3S. The van der Waals surface area contributed by atoms with Crippen LogP contribution in [0.4, 0.5) is 13.2 Å². The molecule has 3 aromatic rings. The molecule has 6 rings (SSSR count). The molecule has 2 N–H and O–H groups in total. The lowest BCUT2D eigenvalue weighted by atomic mass is 9.99. The van der Waals surface area contributed by atoms with Crippen LogP contribution < -0.4 is 5.73 Å². The van der Waals surface area contributed by atoms with Gasteiger partial charge in [-0.2, -0.15) is 13.2 Å². The van der Waals surface area contributed by atoms with Crippen LogP contribution in [0.15, 0.2) is 24.4 Å². The predicted octanol–water partition coefficient (Wildman–Crippen LogP) is 4.84. The van der Waals surface area contributed by atoms with E-state index in [0.29, 0.717) is 40.2 Å². The molecule has 3 amide bonds. The zero-order chi connectivity index (χ0) is 28.0. The van der Waals surface area contributed by atoms with Gasteiger partial charge in [0.1, 0.15) is 5.69 Å². The fourth-order valence-corrected chi connectivity index (χ4v) is 7.10. The molecule has 3 aliphatic rings. The number of nitrogens with two attached hydrogens (primary N) is 1. The van der Waals surface area contributed by atoms with Gasteiger partial charge in [-0.05, 0) is 42.5 Å². The van der Waals surface area contributed by atoms with E-state index in [9.17, 15) is 27.6 Å². The molecule has 8 nitrogen and oxygen atoms in total. The van der Waals surface area contributed by atoms with E-state index in [2.05, 4.69) is 9.97 Å². The molecule has 0 aromatic carbocycles. The fourth-order valence-electron chi connectivity index (χ4n) is 5.98. The molecule has 2 saturated heterocycles. The van der Waals surface area contributed by atoms with Crippen LogP contribution in [0.5, 0.6) is 0 Å². The fraction of sp³-hybridized carbons (Fsp3) is 0.444. The van der Waals surface area contributed by atoms with Crippen LogP contribution in [-0.2, 0) is 22.3 Å². The Hall–Kier alpha value is -2.80. The number of nitrogens with zero attached hydrogens (tertiary/aromatic N) is 4. The van der Waals surface area contributed by atoms with Crippen molar-refractivity contribution in [2.45, 2.75) is 46.0 Å². The molecule has 0 radical (unpaired) electrons. The lowest BCUT2D eigenvalue weighted by Gasteiger charge is -2.21. The van der Waals surface area contributed by atoms with Crippen molar-refractivity contribution in [2.75, 3.05) is 13.1 Å². The number of rotatable bonds is 4. The first-order chi connectivity index (χ1) is 18.3. The second-order valence-electron chi connectivity index (χ2n) is 11.2. The molecule has 1 aliphatic carbocycles. The highest BCUT2D eigenvalue weighted by molar-refractivity contribution is 7.19. The summed E-state index contributed by atoms with van der Waals surface area (Å²) < 4.78 is 41.9. The maximum atomic E-state index is 13.8. The van der Waals surface area contributed by atoms with Crippen molar-refractivity contribution in [3.05, 3.63) is 46.1 Å². The van der Waals surface area contributed by atoms with E-state index in [1.54, 1.807) is 17.0 Å². The number of fused-ring (bicyclic) bond motifs is 2. The monoisotopic (exact) mass is 629 g/mol. The first kappa shape index (κ1) is 31.1. The van der Waals surface area contributed by atoms with Crippen molar-refractivity contribution in [3.8, 4) is 11.3 Å². The van der Waals surface area contributed by atoms with Crippen molar-refractivity contribution < 1.29 is 27.6 Å². The smallest absolute Gasteiger partial charge is 0.337 e. The van der Waals surface area contributed by atoms with Gasteiger partial charge in [-0.15, -0.1) is 36.2 Å². The molecule has 0 bridgehead atoms. The Morgan fingerprint density at radius 3 is 2.41 bits per heavy atom. The van der Waals surface area contributed by atoms with Gasteiger partial charge in [-0.1, -0.05) is 13.8 Å². The summed E-state index contributed by atoms with van der Waals surface area (Å²) in [5.41, 5.74) is 5.55. The second kappa shape index (κ2) is 10.5. The SMILES string of the molecule is Cc1cc(C(F)(F)F)nc(-c2ccnc3cc(CN4C(=O)C5C(C4=O)C5(C)C)sc23)c1C(=O)N1CCC(N)C1.Cl.Cl. The average Bonchev–Trinajstić information content (AvgIpc) is 3.24. The number of aromatic nitrogens is 2. The number of aryl methyl sites for hydroxylation is 1. The molecule has 0 spiro atoms. The highest BCUT2D eigenvalue weighted by atomic mass is 35.5. The number of halogens is 5. The Balaban J connectivity index is 0.00000194. The molecule has 3 aromatic heterocycles. The summed E-state index contributed by atoms with van der Waals surface area (Å²) >= 11 is 1.22. The normalized spacial score (nSPS) is 23.0. The summed E-state index contributed by atoms with van der Waals surface area (Å²) in [5.74, 6) is -1.44. The van der Waals surface area contributed by atoms with Crippen LogP contribution in [0.1, 0.15) is 46.8 Å². The summed E-state index contributed by atoms with van der Waals surface area (Å²) in [5, 5.41) is 0. The van der Waals surface area contributed by atoms with Gasteiger partial charge in [-0.25, -0.2) is 4.98 Å². The van der Waals surface area contributed by atoms with Crippen LogP contribution in [0.3, 0.4) is 0 Å². The highest BCUT2D eigenvalue weighted by Crippen LogP contribution is 2.63. The van der Waals surface area contributed by atoms with Crippen LogP contribution in [0, 0.1) is 24.2 Å². The van der Waals surface area contributed by atoms with Crippen molar-refractivity contribution in [3.63, 3.8) is 0 Å². The number of pyridine rings is 2. The number of alkyl halides is 3. The molecule has 1 saturated carbocycles. The Morgan fingerprint density at radius 1 is 1.17 bits per heavy atom. The average molecular weight is 631 g/mol. The number of thiophene rings is 1. The van der Waals surface area contributed by atoms with Crippen molar-refractivity contribution in [1.29, 1.82) is 0 Å². The summed E-state index contributed by atoms with van der Waals surface area (Å²) in [6, 6.07) is 3.96. The number of piperidine rings is 1. The van der Waals surface area contributed by atoms with E-state index in [1.165, 1.54) is 29.4 Å². The molecule has 3 fully saturated rings. The van der Waals surface area contributed by atoms with E-state index in [0.717, 1.165) is 6.07 Å². The van der Waals surface area contributed by atoms with Gasteiger partial charge in [0, 0.05) is 35.8 Å². The minimum absolute atomic E-state index is 0. The molecule has 2 aliphatic heterocycles. The van der Waals surface area contributed by atoms with E-state index >= 15 is 0 Å². The van der Waals surface area contributed by atoms with Crippen LogP contribution in [0.25, 0.3) is 21.5 Å². The minimum atomic E-state index is -4.71. The molecule has 41 heavy (non-hydrogen) atoms. The summed E-state index contributed by atoms with van der Waals surface area (Å²) in [6.07, 6.45) is -2.65. The number of likely N-dealkylation sites (tertiary alicyclic amines) is 2. The Bertz CT molecular complexity index is 1550. The second-order valence-corrected chi connectivity index (χ2v) is 12.3. The molecule has 220 valence electrons. The predicted molar refractivity (Wildman–Crippen MR) is 152 cm³/mol. The van der Waals surface area contributed by atoms with E-state index in [-0.39, 0.29) is 83.3 Å². The first-order valence-corrected chi connectivity index (χ1v) is 13.5. The largest absolute Gasteiger partial charge is 0.433 e. The van der Waals surface area contributed by atoms with Gasteiger partial charge >= 0.3 is 6.18 Å². The van der Waals surface area contributed by atoms with Gasteiger partial charge in [0.15, 0.2) is 0 Å². The lowest BCUT2D eigenvalue weighted by molar-refractivity contribution is -0.144. The summed E-state index contributed by atoms with van der Waals surface area (Å²) in [6.45, 7) is 6.07. The van der Waals surface area contributed by atoms with Crippen LogP contribution in [0.2, 0.25) is 0 Å². The maximum absolute atomic E-state index is 13.8. The zero-order valence-corrected chi connectivity index (χ0v) is 24.8. The van der Waals surface area contributed by atoms with E-state index in [1.807, 2.05) is 13.8 Å². The zero-order valence-electron chi connectivity index (χ0n) is 22.3. The van der Waals surface area contributed by atoms with Gasteiger partial charge in [0.2, 0.25) is 11.8 Å². The minimum Gasteiger partial charge on any atom is -0.337 e. The standard InChI is InChI=1S/C27H26F3N5O3S.2ClH/c1-12-8-17(27(28,29)30)33-21(18(12)23(36)34-7-5-13(31)10-34)15-4-6-32-16-9-14(39-22(15)16)11-35-24(37)19-20(25(35)38)26(19,2)3;;/h4,6,8-9,13,19-20H,5,7,10-11,31H2,1-3H3;2*1H. The highest BCUT2D eigenvalue weighted by Gasteiger charge is 2.72. The van der Waals surface area contributed by atoms with Crippen molar-refractivity contribution >= 4 is 64.1 Å². The quantitative estimate of drug-likeness (QED) is 0.414. The van der Waals surface area contributed by atoms with E-state index < -0.39 is 17.8 Å².